The summed E-state index contributed by atoms with van der Waals surface area (Å²) < 4.78 is 7.62. The zero-order valence-electron chi connectivity index (χ0n) is 15.7. The molecule has 0 amide bonds. The maximum Gasteiger partial charge on any atom is 0.214 e. The van der Waals surface area contributed by atoms with E-state index in [1.54, 1.807) is 34.6 Å². The molecule has 0 bridgehead atoms. The SMILES string of the molecule is Cl.Clc1ccc(Cl)c(-c2ccc(CNCCSc3nnnn3-c3ccccc3)o2)c1. The minimum Gasteiger partial charge on any atom is -0.460 e. The minimum atomic E-state index is 0. The topological polar surface area (TPSA) is 68.8 Å². The molecule has 2 heterocycles. The Bertz CT molecular complexity index is 1090. The molecule has 0 saturated heterocycles. The van der Waals surface area contributed by atoms with Gasteiger partial charge < -0.3 is 9.73 Å². The molecule has 0 aliphatic heterocycles. The Hall–Kier alpha value is -2.03. The van der Waals surface area contributed by atoms with Gasteiger partial charge in [0.05, 0.1) is 17.3 Å². The number of benzene rings is 2. The molecule has 0 unspecified atom stereocenters. The normalized spacial score (nSPS) is 10.7. The molecule has 0 atom stereocenters. The molecule has 0 fully saturated rings. The van der Waals surface area contributed by atoms with Crippen molar-refractivity contribution in [3.05, 3.63) is 76.5 Å². The molecule has 10 heteroatoms. The summed E-state index contributed by atoms with van der Waals surface area (Å²) in [6.07, 6.45) is 0. The summed E-state index contributed by atoms with van der Waals surface area (Å²) in [7, 11) is 0. The van der Waals surface area contributed by atoms with E-state index in [2.05, 4.69) is 20.8 Å². The number of thioether (sulfide) groups is 1. The highest BCUT2D eigenvalue weighted by atomic mass is 35.5. The van der Waals surface area contributed by atoms with Gasteiger partial charge in [-0.3, -0.25) is 0 Å². The second-order valence-corrected chi connectivity index (χ2v) is 8.03. The van der Waals surface area contributed by atoms with Crippen molar-refractivity contribution in [1.82, 2.24) is 25.5 Å². The lowest BCUT2D eigenvalue weighted by Crippen LogP contribution is -2.16. The smallest absolute Gasteiger partial charge is 0.214 e. The summed E-state index contributed by atoms with van der Waals surface area (Å²) in [5.41, 5.74) is 1.73. The lowest BCUT2D eigenvalue weighted by atomic mass is 10.2. The summed E-state index contributed by atoms with van der Waals surface area (Å²) in [6, 6.07) is 19.0. The van der Waals surface area contributed by atoms with Crippen LogP contribution in [0.25, 0.3) is 17.0 Å². The first-order valence-electron chi connectivity index (χ1n) is 8.92. The van der Waals surface area contributed by atoms with Crippen LogP contribution in [-0.4, -0.2) is 32.5 Å². The predicted molar refractivity (Wildman–Crippen MR) is 123 cm³/mol. The summed E-state index contributed by atoms with van der Waals surface area (Å²) in [5.74, 6) is 2.35. The van der Waals surface area contributed by atoms with Crippen LogP contribution in [0.2, 0.25) is 10.0 Å². The lowest BCUT2D eigenvalue weighted by Gasteiger charge is -2.05. The summed E-state index contributed by atoms with van der Waals surface area (Å²) >= 11 is 13.9. The van der Waals surface area contributed by atoms with E-state index in [9.17, 15) is 0 Å². The van der Waals surface area contributed by atoms with Crippen LogP contribution >= 0.6 is 47.4 Å². The fourth-order valence-electron chi connectivity index (χ4n) is 2.73. The van der Waals surface area contributed by atoms with Gasteiger partial charge >= 0.3 is 0 Å². The number of para-hydroxylation sites is 1. The number of tetrazole rings is 1. The van der Waals surface area contributed by atoms with E-state index in [0.29, 0.717) is 22.4 Å². The average molecular weight is 483 g/mol. The Morgan fingerprint density at radius 1 is 1.03 bits per heavy atom. The quantitative estimate of drug-likeness (QED) is 0.263. The van der Waals surface area contributed by atoms with Crippen molar-refractivity contribution < 1.29 is 4.42 Å². The van der Waals surface area contributed by atoms with Gasteiger partial charge in [0, 0.05) is 22.9 Å². The number of nitrogens with one attached hydrogen (secondary N) is 1. The molecular weight excluding hydrogens is 465 g/mol. The number of aromatic nitrogens is 4. The molecule has 4 rings (SSSR count). The van der Waals surface area contributed by atoms with Gasteiger partial charge in [-0.25, -0.2) is 0 Å². The first-order chi connectivity index (χ1) is 14.2. The first-order valence-corrected chi connectivity index (χ1v) is 10.7. The second kappa shape index (κ2) is 10.8. The van der Waals surface area contributed by atoms with Crippen LogP contribution in [0.15, 0.2) is 70.2 Å². The third-order valence-corrected chi connectivity index (χ3v) is 5.59. The van der Waals surface area contributed by atoms with Crippen LogP contribution < -0.4 is 5.32 Å². The van der Waals surface area contributed by atoms with Crippen LogP contribution in [-0.2, 0) is 6.54 Å². The van der Waals surface area contributed by atoms with Crippen molar-refractivity contribution in [3.63, 3.8) is 0 Å². The van der Waals surface area contributed by atoms with Crippen molar-refractivity contribution >= 4 is 47.4 Å². The molecule has 2 aromatic carbocycles. The monoisotopic (exact) mass is 481 g/mol. The van der Waals surface area contributed by atoms with E-state index >= 15 is 0 Å². The molecule has 0 aliphatic carbocycles. The van der Waals surface area contributed by atoms with Gasteiger partial charge in [0.25, 0.3) is 0 Å². The minimum absolute atomic E-state index is 0. The molecule has 2 aromatic heterocycles. The maximum absolute atomic E-state index is 6.24. The average Bonchev–Trinajstić information content (AvgIpc) is 3.40. The second-order valence-electron chi connectivity index (χ2n) is 6.12. The summed E-state index contributed by atoms with van der Waals surface area (Å²) in [6.45, 7) is 1.39. The van der Waals surface area contributed by atoms with E-state index in [0.717, 1.165) is 34.5 Å². The number of nitrogens with zero attached hydrogens (tertiary/aromatic N) is 4. The zero-order chi connectivity index (χ0) is 20.1. The maximum atomic E-state index is 6.24. The standard InChI is InChI=1S/C20H17Cl2N5OS.ClH/c21-14-6-8-18(22)17(12-14)19-9-7-16(28-19)13-23-10-11-29-20-24-25-26-27(20)15-4-2-1-3-5-15;/h1-9,12,23H,10-11,13H2;1H. The number of halogens is 3. The first kappa shape index (κ1) is 22.7. The van der Waals surface area contributed by atoms with E-state index in [1.165, 1.54) is 0 Å². The fourth-order valence-corrected chi connectivity index (χ4v) is 3.90. The highest BCUT2D eigenvalue weighted by molar-refractivity contribution is 7.99. The van der Waals surface area contributed by atoms with Crippen LogP contribution in [0.5, 0.6) is 0 Å². The van der Waals surface area contributed by atoms with Crippen LogP contribution in [0.4, 0.5) is 0 Å². The molecule has 0 aliphatic rings. The van der Waals surface area contributed by atoms with Crippen molar-refractivity contribution in [3.8, 4) is 17.0 Å². The molecule has 30 heavy (non-hydrogen) atoms. The van der Waals surface area contributed by atoms with Gasteiger partial charge in [0.1, 0.15) is 11.5 Å². The van der Waals surface area contributed by atoms with Gasteiger partial charge in [-0.15, -0.1) is 17.5 Å². The molecule has 0 spiro atoms. The Morgan fingerprint density at radius 3 is 2.70 bits per heavy atom. The van der Waals surface area contributed by atoms with Crippen LogP contribution in [0.3, 0.4) is 0 Å². The molecule has 4 aromatic rings. The van der Waals surface area contributed by atoms with Gasteiger partial charge in [-0.1, -0.05) is 53.2 Å². The van der Waals surface area contributed by atoms with Gasteiger partial charge in [0.2, 0.25) is 5.16 Å². The van der Waals surface area contributed by atoms with E-state index in [-0.39, 0.29) is 12.4 Å². The molecule has 0 saturated carbocycles. The molecule has 156 valence electrons. The Labute approximate surface area is 194 Å². The Morgan fingerprint density at radius 2 is 1.87 bits per heavy atom. The highest BCUT2D eigenvalue weighted by Crippen LogP contribution is 2.31. The van der Waals surface area contributed by atoms with Gasteiger partial charge in [-0.2, -0.15) is 4.68 Å². The number of rotatable bonds is 8. The number of hydrogen-bond donors (Lipinski definition) is 1. The van der Waals surface area contributed by atoms with E-state index in [1.807, 2.05) is 42.5 Å². The fraction of sp³-hybridized carbons (Fsp3) is 0.150. The third kappa shape index (κ3) is 5.56. The molecule has 6 nitrogen and oxygen atoms in total. The van der Waals surface area contributed by atoms with Crippen molar-refractivity contribution in [1.29, 1.82) is 0 Å². The van der Waals surface area contributed by atoms with Crippen molar-refractivity contribution in [2.24, 2.45) is 0 Å². The number of hydrogen-bond acceptors (Lipinski definition) is 6. The molecular formula is C20H18Cl3N5OS. The number of furan rings is 1. The van der Waals surface area contributed by atoms with Crippen LogP contribution in [0, 0.1) is 0 Å². The summed E-state index contributed by atoms with van der Waals surface area (Å²) in [4.78, 5) is 0. The molecule has 0 radical (unpaired) electrons. The van der Waals surface area contributed by atoms with Gasteiger partial charge in [0.15, 0.2) is 0 Å². The molecule has 1 N–H and O–H groups in total. The Balaban J connectivity index is 0.00000256. The van der Waals surface area contributed by atoms with Crippen LogP contribution in [0.1, 0.15) is 5.76 Å². The van der Waals surface area contributed by atoms with Crippen molar-refractivity contribution in [2.75, 3.05) is 12.3 Å². The van der Waals surface area contributed by atoms with Gasteiger partial charge in [-0.05, 0) is 52.9 Å². The predicted octanol–water partition coefficient (Wildman–Crippen LogP) is 5.53. The Kier molecular flexibility index (Phi) is 8.18. The van der Waals surface area contributed by atoms with E-state index < -0.39 is 0 Å². The summed E-state index contributed by atoms with van der Waals surface area (Å²) in [5, 5.41) is 17.3. The third-order valence-electron chi connectivity index (χ3n) is 4.11. The zero-order valence-corrected chi connectivity index (χ0v) is 18.8. The largest absolute Gasteiger partial charge is 0.460 e. The highest BCUT2D eigenvalue weighted by Gasteiger charge is 2.10. The lowest BCUT2D eigenvalue weighted by molar-refractivity contribution is 0.499. The van der Waals surface area contributed by atoms with E-state index in [4.69, 9.17) is 27.6 Å². The van der Waals surface area contributed by atoms with Crippen molar-refractivity contribution in [2.45, 2.75) is 11.7 Å².